The summed E-state index contributed by atoms with van der Waals surface area (Å²) < 4.78 is 0. The number of carbonyl (C=O) groups excluding carboxylic acids is 8. The zero-order valence-electron chi connectivity index (χ0n) is 50.9. The van der Waals surface area contributed by atoms with E-state index in [9.17, 15) is 24.0 Å². The third kappa shape index (κ3) is 19.7. The fourth-order valence-corrected chi connectivity index (χ4v) is 11.5. The molecule has 22 heteroatoms. The van der Waals surface area contributed by atoms with Crippen LogP contribution in [0.25, 0.3) is 32.7 Å². The summed E-state index contributed by atoms with van der Waals surface area (Å²) in [5.74, 6) is -5.16. The summed E-state index contributed by atoms with van der Waals surface area (Å²) in [7, 11) is 0. The highest BCUT2D eigenvalue weighted by atomic mass is 16.2. The Morgan fingerprint density at radius 2 is 0.701 bits per heavy atom. The van der Waals surface area contributed by atoms with Crippen LogP contribution >= 0.6 is 0 Å². The second-order valence-corrected chi connectivity index (χ2v) is 24.1. The maximum atomic E-state index is 15.1. The van der Waals surface area contributed by atoms with E-state index in [-0.39, 0.29) is 69.6 Å². The Hall–Kier alpha value is -8.08. The topological polar surface area (TPSA) is 358 Å². The minimum atomic E-state index is -1.31. The van der Waals surface area contributed by atoms with E-state index >= 15 is 14.4 Å². The summed E-state index contributed by atoms with van der Waals surface area (Å²) in [6.45, 7) is 8.63. The average molecular weight is 1200 g/mol. The summed E-state index contributed by atoms with van der Waals surface area (Å²) in [4.78, 5) is 128. The van der Waals surface area contributed by atoms with Crippen molar-refractivity contribution in [2.45, 2.75) is 179 Å². The second kappa shape index (κ2) is 33.2. The van der Waals surface area contributed by atoms with E-state index in [1.807, 2.05) is 107 Å². The van der Waals surface area contributed by atoms with Crippen molar-refractivity contribution >= 4 is 80.0 Å². The normalized spacial score (nSPS) is 22.2. The summed E-state index contributed by atoms with van der Waals surface area (Å²) in [5.41, 5.74) is 22.5. The van der Waals surface area contributed by atoms with Gasteiger partial charge in [0.05, 0.1) is 0 Å². The zero-order chi connectivity index (χ0) is 62.4. The molecule has 6 aromatic rings. The number of nitrogens with two attached hydrogens (primary N) is 3. The molecule has 0 radical (unpaired) electrons. The Bertz CT molecular complexity index is 3260. The Labute approximate surface area is 509 Å². The van der Waals surface area contributed by atoms with Gasteiger partial charge in [-0.15, -0.1) is 0 Å². The second-order valence-electron chi connectivity index (χ2n) is 24.1. The molecule has 0 unspecified atom stereocenters. The Morgan fingerprint density at radius 3 is 1.14 bits per heavy atom. The van der Waals surface area contributed by atoms with Gasteiger partial charge in [-0.05, 0) is 137 Å². The zero-order valence-corrected chi connectivity index (χ0v) is 50.9. The van der Waals surface area contributed by atoms with Gasteiger partial charge in [-0.1, -0.05) is 88.7 Å². The average Bonchev–Trinajstić information content (AvgIpc) is 3.14. The van der Waals surface area contributed by atoms with Crippen molar-refractivity contribution in [1.82, 2.24) is 57.5 Å². The highest BCUT2D eigenvalue weighted by molar-refractivity contribution is 5.98. The van der Waals surface area contributed by atoms with Crippen molar-refractivity contribution in [3.63, 3.8) is 0 Å². The summed E-state index contributed by atoms with van der Waals surface area (Å²) in [6.07, 6.45) is 9.20. The molecule has 8 amide bonds. The van der Waals surface area contributed by atoms with Gasteiger partial charge in [0.15, 0.2) is 0 Å². The molecule has 0 bridgehead atoms. The number of carbonyl (C=O) groups is 8. The lowest BCUT2D eigenvalue weighted by molar-refractivity contribution is -0.136. The van der Waals surface area contributed by atoms with Gasteiger partial charge in [-0.25, -0.2) is 0 Å². The number of rotatable bonds is 22. The van der Waals surface area contributed by atoms with E-state index in [1.165, 1.54) is 0 Å². The Kier molecular flexibility index (Phi) is 25.3. The summed E-state index contributed by atoms with van der Waals surface area (Å²) in [5, 5.41) is 26.4. The molecule has 1 aliphatic heterocycles. The number of amides is 8. The smallest absolute Gasteiger partial charge is 0.243 e. The number of unbranched alkanes of at least 4 members (excludes halogenated alkanes) is 3. The van der Waals surface area contributed by atoms with E-state index in [0.29, 0.717) is 75.7 Å². The van der Waals surface area contributed by atoms with Gasteiger partial charge >= 0.3 is 0 Å². The molecule has 1 fully saturated rings. The van der Waals surface area contributed by atoms with Crippen LogP contribution in [0.5, 0.6) is 0 Å². The number of hydrogen-bond acceptors (Lipinski definition) is 11. The van der Waals surface area contributed by atoms with Crippen LogP contribution in [0.1, 0.15) is 128 Å². The van der Waals surface area contributed by atoms with Gasteiger partial charge in [-0.2, -0.15) is 0 Å². The highest BCUT2D eigenvalue weighted by Crippen LogP contribution is 2.24. The molecule has 3 aromatic carbocycles. The maximum absolute atomic E-state index is 15.1. The maximum Gasteiger partial charge on any atom is 0.243 e. The molecular formula is C65H92N14O8. The molecular weight excluding hydrogens is 1100 g/mol. The SMILES string of the molecule is CC(C)C[C@@H]1NC(=O)C[C@H](Cc2c[nH]c3ccccc23)NC(=O)C[C@H](CCCCN)NC(=O)[C@@H](CCCCN)NC(=O)[C@H](CCCCN)NC(=O)[C@@H](Cc2c[nH]c3ccccc23)NC(=O)[C@H](CC(C)C)NC(=O)[C@@H](Cc2c[nH]c3ccccc23)NC1=O. The first kappa shape index (κ1) is 66.4. The largest absolute Gasteiger partial charge is 0.361 e. The van der Waals surface area contributed by atoms with E-state index < -0.39 is 95.6 Å². The van der Waals surface area contributed by atoms with Crippen LogP contribution in [0.15, 0.2) is 91.4 Å². The van der Waals surface area contributed by atoms with Crippen LogP contribution in [0.2, 0.25) is 0 Å². The molecule has 1 aliphatic rings. The first-order valence-electron chi connectivity index (χ1n) is 31.1. The van der Waals surface area contributed by atoms with Crippen LogP contribution in [0.4, 0.5) is 0 Å². The lowest BCUT2D eigenvalue weighted by Crippen LogP contribution is -2.60. The van der Waals surface area contributed by atoms with Gasteiger partial charge in [0.25, 0.3) is 0 Å². The van der Waals surface area contributed by atoms with E-state index in [1.54, 1.807) is 12.4 Å². The molecule has 0 aliphatic carbocycles. The van der Waals surface area contributed by atoms with Crippen LogP contribution in [-0.4, -0.2) is 130 Å². The summed E-state index contributed by atoms with van der Waals surface area (Å²) in [6, 6.07) is 13.9. The van der Waals surface area contributed by atoms with Gasteiger partial charge < -0.3 is 74.7 Å². The standard InChI is InChI=1S/C65H92N14O8/c1-39(2)29-54-62(84)78-57(33-43-38-71-51-23-10-7-20-48(43)51)65(87)77-55(30-40(3)4)63(85)79-56(32-42-37-70-50-22-9-6-19-47(42)50)64(86)76-53(25-13-16-28-68)61(83)75-52(24-12-15-27-67)60(82)73-44(17-11-14-26-66)34-58(80)72-45(35-59(81)74-54)31-41-36-69-49-21-8-5-18-46(41)49/h5-10,18-23,36-40,44-45,52-57,69-71H,11-17,24-35,66-68H2,1-4H3,(H,72,80)(H,73,82)(H,74,81)(H,75,83)(H,76,86)(H,77,87)(H,78,84)(H,79,85)/t44-,45-,52+,53-,54-,55-,56+,57+/m0/s1. The number of para-hydroxylation sites is 3. The summed E-state index contributed by atoms with van der Waals surface area (Å²) >= 11 is 0. The fourth-order valence-electron chi connectivity index (χ4n) is 11.5. The Morgan fingerprint density at radius 1 is 0.368 bits per heavy atom. The van der Waals surface area contributed by atoms with Gasteiger partial charge in [0.2, 0.25) is 47.3 Å². The van der Waals surface area contributed by atoms with Crippen molar-refractivity contribution in [2.75, 3.05) is 19.6 Å². The van der Waals surface area contributed by atoms with Gasteiger partial charge in [0.1, 0.15) is 36.3 Å². The third-order valence-corrected chi connectivity index (χ3v) is 16.0. The molecule has 4 heterocycles. The third-order valence-electron chi connectivity index (χ3n) is 16.0. The van der Waals surface area contributed by atoms with Crippen molar-refractivity contribution in [2.24, 2.45) is 29.0 Å². The van der Waals surface area contributed by atoms with E-state index in [4.69, 9.17) is 17.2 Å². The van der Waals surface area contributed by atoms with Crippen molar-refractivity contribution in [1.29, 1.82) is 0 Å². The van der Waals surface area contributed by atoms with Crippen molar-refractivity contribution < 1.29 is 38.4 Å². The number of hydrogen-bond donors (Lipinski definition) is 14. The molecule has 0 spiro atoms. The predicted octanol–water partition coefficient (Wildman–Crippen LogP) is 4.31. The Balaban J connectivity index is 1.30. The first-order chi connectivity index (χ1) is 41.9. The number of benzene rings is 3. The van der Waals surface area contributed by atoms with Crippen LogP contribution in [0.3, 0.4) is 0 Å². The highest BCUT2D eigenvalue weighted by Gasteiger charge is 2.36. The monoisotopic (exact) mass is 1200 g/mol. The number of aromatic amines is 3. The predicted molar refractivity (Wildman–Crippen MR) is 338 cm³/mol. The minimum absolute atomic E-state index is 0.0145. The first-order valence-corrected chi connectivity index (χ1v) is 31.1. The molecule has 17 N–H and O–H groups in total. The van der Waals surface area contributed by atoms with Crippen LogP contribution in [-0.2, 0) is 57.6 Å². The van der Waals surface area contributed by atoms with Crippen molar-refractivity contribution in [3.05, 3.63) is 108 Å². The minimum Gasteiger partial charge on any atom is -0.361 e. The van der Waals surface area contributed by atoms with Crippen LogP contribution < -0.4 is 59.7 Å². The number of aromatic nitrogens is 3. The molecule has 22 nitrogen and oxygen atoms in total. The van der Waals surface area contributed by atoms with E-state index in [2.05, 4.69) is 57.5 Å². The molecule has 8 atom stereocenters. The molecule has 3 aromatic heterocycles. The lowest BCUT2D eigenvalue weighted by atomic mass is 9.98. The van der Waals surface area contributed by atoms with Crippen molar-refractivity contribution in [3.8, 4) is 0 Å². The molecule has 0 saturated carbocycles. The lowest BCUT2D eigenvalue weighted by Gasteiger charge is -2.29. The molecule has 1 saturated heterocycles. The van der Waals surface area contributed by atoms with Gasteiger partial charge in [0, 0.05) is 89.1 Å². The number of fused-ring (bicyclic) bond motifs is 3. The van der Waals surface area contributed by atoms with Crippen LogP contribution in [0, 0.1) is 11.8 Å². The molecule has 7 rings (SSSR count). The fraction of sp³-hybridized carbons (Fsp3) is 0.508. The number of H-pyrrole nitrogens is 3. The quantitative estimate of drug-likeness (QED) is 0.0425. The molecule has 87 heavy (non-hydrogen) atoms. The number of nitrogens with one attached hydrogen (secondary N) is 11. The van der Waals surface area contributed by atoms with E-state index in [0.717, 1.165) is 38.3 Å². The molecule has 470 valence electrons. The van der Waals surface area contributed by atoms with Gasteiger partial charge in [-0.3, -0.25) is 38.4 Å².